The molecule has 1 amide bonds. The summed E-state index contributed by atoms with van der Waals surface area (Å²) in [6, 6.07) is 0. The molecule has 1 aromatic heterocycles. The van der Waals surface area contributed by atoms with Crippen molar-refractivity contribution < 1.29 is 4.79 Å². The Morgan fingerprint density at radius 3 is 2.73 bits per heavy atom. The van der Waals surface area contributed by atoms with Gasteiger partial charge in [0.05, 0.1) is 4.47 Å². The molecule has 4 nitrogen and oxygen atoms in total. The van der Waals surface area contributed by atoms with Gasteiger partial charge in [-0.2, -0.15) is 5.10 Å². The van der Waals surface area contributed by atoms with Gasteiger partial charge in [0.25, 0.3) is 5.91 Å². The summed E-state index contributed by atoms with van der Waals surface area (Å²) in [5.74, 6) is 0.0478. The van der Waals surface area contributed by atoms with Crippen molar-refractivity contribution in [3.05, 3.63) is 16.4 Å². The van der Waals surface area contributed by atoms with Crippen LogP contribution >= 0.6 is 15.9 Å². The fourth-order valence-electron chi connectivity index (χ4n) is 1.77. The van der Waals surface area contributed by atoms with Gasteiger partial charge < -0.3 is 4.90 Å². The van der Waals surface area contributed by atoms with Crippen LogP contribution in [0.25, 0.3) is 0 Å². The van der Waals surface area contributed by atoms with Gasteiger partial charge in [0.2, 0.25) is 0 Å². The molecular formula is C10H14BrN3O. The van der Waals surface area contributed by atoms with Gasteiger partial charge in [-0.05, 0) is 35.7 Å². The molecule has 0 atom stereocenters. The Balaban J connectivity index is 2.20. The van der Waals surface area contributed by atoms with E-state index in [9.17, 15) is 4.79 Å². The molecule has 0 aliphatic carbocycles. The molecular weight excluding hydrogens is 258 g/mol. The number of amides is 1. The van der Waals surface area contributed by atoms with Crippen LogP contribution in [0.5, 0.6) is 0 Å². The molecule has 0 unspecified atom stereocenters. The number of halogens is 1. The number of carbonyl (C=O) groups is 1. The summed E-state index contributed by atoms with van der Waals surface area (Å²) in [6.07, 6.45) is 4.07. The van der Waals surface area contributed by atoms with E-state index in [1.54, 1.807) is 4.68 Å². The van der Waals surface area contributed by atoms with Gasteiger partial charge in [0, 0.05) is 25.8 Å². The standard InChI is InChI=1S/C10H14BrN3O/c1-2-14-7-8(11)9(12-14)10(15)13-5-3-4-6-13/h7H,2-6H2,1H3. The first-order chi connectivity index (χ1) is 7.22. The van der Waals surface area contributed by atoms with E-state index in [1.807, 2.05) is 18.0 Å². The van der Waals surface area contributed by atoms with Crippen LogP contribution in [-0.2, 0) is 6.54 Å². The second kappa shape index (κ2) is 4.35. The van der Waals surface area contributed by atoms with E-state index in [4.69, 9.17) is 0 Å². The first-order valence-electron chi connectivity index (χ1n) is 5.24. The number of hydrogen-bond acceptors (Lipinski definition) is 2. The van der Waals surface area contributed by atoms with E-state index in [1.165, 1.54) is 0 Å². The minimum absolute atomic E-state index is 0.0478. The van der Waals surface area contributed by atoms with Crippen LogP contribution < -0.4 is 0 Å². The van der Waals surface area contributed by atoms with Crippen LogP contribution in [0, 0.1) is 0 Å². The first-order valence-corrected chi connectivity index (χ1v) is 6.04. The topological polar surface area (TPSA) is 38.1 Å². The molecule has 2 heterocycles. The number of likely N-dealkylation sites (tertiary alicyclic amines) is 1. The summed E-state index contributed by atoms with van der Waals surface area (Å²) in [7, 11) is 0. The summed E-state index contributed by atoms with van der Waals surface area (Å²) in [5.41, 5.74) is 0.541. The van der Waals surface area contributed by atoms with Crippen molar-refractivity contribution in [2.24, 2.45) is 0 Å². The third-order valence-electron chi connectivity index (χ3n) is 2.64. The van der Waals surface area contributed by atoms with Crippen LogP contribution in [0.15, 0.2) is 10.7 Å². The lowest BCUT2D eigenvalue weighted by Gasteiger charge is -2.13. The summed E-state index contributed by atoms with van der Waals surface area (Å²) < 4.78 is 2.56. The average molecular weight is 272 g/mol. The largest absolute Gasteiger partial charge is 0.337 e. The van der Waals surface area contributed by atoms with Gasteiger partial charge in [0.1, 0.15) is 0 Å². The highest BCUT2D eigenvalue weighted by Crippen LogP contribution is 2.19. The highest BCUT2D eigenvalue weighted by atomic mass is 79.9. The average Bonchev–Trinajstić information content (AvgIpc) is 2.85. The Morgan fingerprint density at radius 1 is 1.53 bits per heavy atom. The van der Waals surface area contributed by atoms with Crippen LogP contribution in [0.2, 0.25) is 0 Å². The van der Waals surface area contributed by atoms with Crippen molar-refractivity contribution in [1.29, 1.82) is 0 Å². The maximum atomic E-state index is 12.0. The predicted octanol–water partition coefficient (Wildman–Crippen LogP) is 1.90. The third-order valence-corrected chi connectivity index (χ3v) is 3.22. The zero-order chi connectivity index (χ0) is 10.8. The number of rotatable bonds is 2. The maximum Gasteiger partial charge on any atom is 0.275 e. The molecule has 0 spiro atoms. The fourth-order valence-corrected chi connectivity index (χ4v) is 2.26. The Kier molecular flexibility index (Phi) is 3.09. The molecule has 1 aliphatic heterocycles. The molecule has 5 heteroatoms. The van der Waals surface area contributed by atoms with Gasteiger partial charge in [0.15, 0.2) is 5.69 Å². The Bertz CT molecular complexity index is 369. The van der Waals surface area contributed by atoms with E-state index in [0.717, 1.165) is 36.9 Å². The SMILES string of the molecule is CCn1cc(Br)c(C(=O)N2CCCC2)n1. The van der Waals surface area contributed by atoms with Crippen molar-refractivity contribution in [3.63, 3.8) is 0 Å². The Morgan fingerprint density at radius 2 is 2.20 bits per heavy atom. The number of aryl methyl sites for hydroxylation is 1. The molecule has 0 N–H and O–H groups in total. The number of hydrogen-bond donors (Lipinski definition) is 0. The molecule has 2 rings (SSSR count). The Labute approximate surface area is 97.4 Å². The molecule has 0 bridgehead atoms. The van der Waals surface area contributed by atoms with Crippen molar-refractivity contribution in [2.75, 3.05) is 13.1 Å². The molecule has 1 aliphatic rings. The lowest BCUT2D eigenvalue weighted by Crippen LogP contribution is -2.28. The molecule has 1 saturated heterocycles. The lowest BCUT2D eigenvalue weighted by molar-refractivity contribution is 0.0785. The molecule has 15 heavy (non-hydrogen) atoms. The van der Waals surface area contributed by atoms with Crippen LogP contribution in [-0.4, -0.2) is 33.7 Å². The summed E-state index contributed by atoms with van der Waals surface area (Å²) in [5, 5.41) is 4.25. The smallest absolute Gasteiger partial charge is 0.275 e. The van der Waals surface area contributed by atoms with Gasteiger partial charge in [-0.25, -0.2) is 0 Å². The van der Waals surface area contributed by atoms with E-state index in [0.29, 0.717) is 5.69 Å². The quantitative estimate of drug-likeness (QED) is 0.824. The minimum Gasteiger partial charge on any atom is -0.337 e. The molecule has 1 fully saturated rings. The second-order valence-corrected chi connectivity index (χ2v) is 4.53. The number of nitrogens with zero attached hydrogens (tertiary/aromatic N) is 3. The van der Waals surface area contributed by atoms with Crippen molar-refractivity contribution in [3.8, 4) is 0 Å². The van der Waals surface area contributed by atoms with Gasteiger partial charge in [-0.3, -0.25) is 9.48 Å². The van der Waals surface area contributed by atoms with Gasteiger partial charge >= 0.3 is 0 Å². The molecule has 82 valence electrons. The number of carbonyl (C=O) groups excluding carboxylic acids is 1. The molecule has 0 radical (unpaired) electrons. The maximum absolute atomic E-state index is 12.0. The van der Waals surface area contributed by atoms with Crippen LogP contribution in [0.1, 0.15) is 30.3 Å². The predicted molar refractivity (Wildman–Crippen MR) is 60.7 cm³/mol. The van der Waals surface area contributed by atoms with Gasteiger partial charge in [-0.1, -0.05) is 0 Å². The first kappa shape index (κ1) is 10.7. The summed E-state index contributed by atoms with van der Waals surface area (Å²) in [4.78, 5) is 13.9. The van der Waals surface area contributed by atoms with Crippen molar-refractivity contribution in [1.82, 2.24) is 14.7 Å². The third kappa shape index (κ3) is 2.07. The summed E-state index contributed by atoms with van der Waals surface area (Å²) in [6.45, 7) is 4.52. The molecule has 0 saturated carbocycles. The van der Waals surface area contributed by atoms with E-state index < -0.39 is 0 Å². The van der Waals surface area contributed by atoms with E-state index >= 15 is 0 Å². The highest BCUT2D eigenvalue weighted by Gasteiger charge is 2.23. The van der Waals surface area contributed by atoms with E-state index in [-0.39, 0.29) is 5.91 Å². The highest BCUT2D eigenvalue weighted by molar-refractivity contribution is 9.10. The van der Waals surface area contributed by atoms with E-state index in [2.05, 4.69) is 21.0 Å². The molecule has 1 aromatic rings. The minimum atomic E-state index is 0.0478. The zero-order valence-electron chi connectivity index (χ0n) is 8.74. The number of aromatic nitrogens is 2. The molecule has 0 aromatic carbocycles. The monoisotopic (exact) mass is 271 g/mol. The zero-order valence-corrected chi connectivity index (χ0v) is 10.3. The lowest BCUT2D eigenvalue weighted by atomic mass is 10.4. The normalized spacial score (nSPS) is 16.0. The fraction of sp³-hybridized carbons (Fsp3) is 0.600. The van der Waals surface area contributed by atoms with Gasteiger partial charge in [-0.15, -0.1) is 0 Å². The van der Waals surface area contributed by atoms with Crippen molar-refractivity contribution in [2.45, 2.75) is 26.3 Å². The van der Waals surface area contributed by atoms with Crippen LogP contribution in [0.4, 0.5) is 0 Å². The Hall–Kier alpha value is -0.840. The second-order valence-electron chi connectivity index (χ2n) is 3.68. The van der Waals surface area contributed by atoms with Crippen molar-refractivity contribution >= 4 is 21.8 Å². The van der Waals surface area contributed by atoms with Crippen LogP contribution in [0.3, 0.4) is 0 Å². The summed E-state index contributed by atoms with van der Waals surface area (Å²) >= 11 is 3.37.